The number of likely N-dealkylation sites (tertiary alicyclic amines) is 1. The first-order valence-corrected chi connectivity index (χ1v) is 9.49. The summed E-state index contributed by atoms with van der Waals surface area (Å²) in [7, 11) is 1.71. The van der Waals surface area contributed by atoms with E-state index in [0.29, 0.717) is 24.7 Å². The largest absolute Gasteiger partial charge is 0.384 e. The molecule has 0 bridgehead atoms. The summed E-state index contributed by atoms with van der Waals surface area (Å²) >= 11 is 0. The lowest BCUT2D eigenvalue weighted by atomic mass is 9.78. The monoisotopic (exact) mass is 339 g/mol. The Kier molecular flexibility index (Phi) is 6.13. The van der Waals surface area contributed by atoms with E-state index in [2.05, 4.69) is 22.0 Å². The topological polar surface area (TPSA) is 54.0 Å². The van der Waals surface area contributed by atoms with E-state index in [1.165, 1.54) is 0 Å². The second-order valence-electron chi connectivity index (χ2n) is 7.66. The predicted molar refractivity (Wildman–Crippen MR) is 93.0 cm³/mol. The summed E-state index contributed by atoms with van der Waals surface area (Å²) in [6.07, 6.45) is 4.28. The van der Waals surface area contributed by atoms with Gasteiger partial charge < -0.3 is 19.7 Å². The van der Waals surface area contributed by atoms with Crippen molar-refractivity contribution in [3.05, 3.63) is 0 Å². The molecule has 0 spiro atoms. The smallest absolute Gasteiger partial charge is 0.231 e. The molecule has 3 aliphatic rings. The van der Waals surface area contributed by atoms with E-state index in [0.717, 1.165) is 71.6 Å². The molecule has 24 heavy (non-hydrogen) atoms. The van der Waals surface area contributed by atoms with Gasteiger partial charge >= 0.3 is 0 Å². The highest BCUT2D eigenvalue weighted by Gasteiger charge is 2.43. The van der Waals surface area contributed by atoms with Crippen LogP contribution in [-0.4, -0.2) is 87.4 Å². The van der Waals surface area contributed by atoms with Crippen LogP contribution in [0.1, 0.15) is 32.6 Å². The van der Waals surface area contributed by atoms with Crippen molar-refractivity contribution in [2.45, 2.75) is 44.8 Å². The minimum atomic E-state index is -0.305. The summed E-state index contributed by atoms with van der Waals surface area (Å²) in [5, 5.41) is 3.37. The number of morpholine rings is 1. The van der Waals surface area contributed by atoms with Crippen LogP contribution in [-0.2, 0) is 14.3 Å². The number of methoxy groups -OCH3 is 1. The molecule has 1 N–H and O–H groups in total. The van der Waals surface area contributed by atoms with Crippen molar-refractivity contribution < 1.29 is 14.3 Å². The highest BCUT2D eigenvalue weighted by molar-refractivity contribution is 5.83. The Labute approximate surface area is 145 Å². The molecule has 0 aromatic rings. The van der Waals surface area contributed by atoms with Gasteiger partial charge in [0, 0.05) is 39.3 Å². The van der Waals surface area contributed by atoms with Crippen molar-refractivity contribution in [3.63, 3.8) is 0 Å². The standard InChI is InChI=1S/C18H33N3O3/c1-15-13-21(11-12-24-15)16-3-9-20(10-4-16)17(22)18(14-23-2)5-7-19-8-6-18/h15-16,19H,3-14H2,1-2H3. The average molecular weight is 339 g/mol. The summed E-state index contributed by atoms with van der Waals surface area (Å²) < 4.78 is 11.1. The van der Waals surface area contributed by atoms with E-state index in [9.17, 15) is 4.79 Å². The van der Waals surface area contributed by atoms with Gasteiger partial charge in [0.2, 0.25) is 5.91 Å². The first-order chi connectivity index (χ1) is 11.6. The lowest BCUT2D eigenvalue weighted by Crippen LogP contribution is -2.56. The summed E-state index contributed by atoms with van der Waals surface area (Å²) in [5.41, 5.74) is -0.305. The van der Waals surface area contributed by atoms with E-state index >= 15 is 0 Å². The quantitative estimate of drug-likeness (QED) is 0.818. The molecule has 0 saturated carbocycles. The Morgan fingerprint density at radius 2 is 1.96 bits per heavy atom. The van der Waals surface area contributed by atoms with E-state index in [1.807, 2.05) is 0 Å². The fourth-order valence-corrected chi connectivity index (χ4v) is 4.55. The zero-order chi connectivity index (χ0) is 17.0. The number of hydrogen-bond acceptors (Lipinski definition) is 5. The zero-order valence-electron chi connectivity index (χ0n) is 15.3. The van der Waals surface area contributed by atoms with Crippen LogP contribution >= 0.6 is 0 Å². The van der Waals surface area contributed by atoms with Gasteiger partial charge in [0.25, 0.3) is 0 Å². The molecule has 0 aromatic carbocycles. The molecular weight excluding hydrogens is 306 g/mol. The van der Waals surface area contributed by atoms with Gasteiger partial charge in [-0.05, 0) is 45.7 Å². The second kappa shape index (κ2) is 8.13. The number of hydrogen-bond donors (Lipinski definition) is 1. The maximum absolute atomic E-state index is 13.2. The van der Waals surface area contributed by atoms with Crippen LogP contribution in [0.4, 0.5) is 0 Å². The molecule has 3 saturated heterocycles. The van der Waals surface area contributed by atoms with Crippen molar-refractivity contribution in [1.82, 2.24) is 15.1 Å². The van der Waals surface area contributed by atoms with Crippen LogP contribution in [0.5, 0.6) is 0 Å². The first-order valence-electron chi connectivity index (χ1n) is 9.49. The molecule has 3 fully saturated rings. The maximum Gasteiger partial charge on any atom is 0.231 e. The van der Waals surface area contributed by atoms with Gasteiger partial charge in [-0.1, -0.05) is 0 Å². The number of nitrogens with zero attached hydrogens (tertiary/aromatic N) is 2. The summed E-state index contributed by atoms with van der Waals surface area (Å²) in [5.74, 6) is 0.319. The summed E-state index contributed by atoms with van der Waals surface area (Å²) in [6.45, 7) is 9.19. The first kappa shape index (κ1) is 18.1. The molecule has 6 heteroatoms. The molecule has 1 atom stereocenters. The highest BCUT2D eigenvalue weighted by Crippen LogP contribution is 2.33. The third-order valence-corrected chi connectivity index (χ3v) is 5.98. The molecule has 138 valence electrons. The Balaban J connectivity index is 1.56. The molecule has 0 aliphatic carbocycles. The van der Waals surface area contributed by atoms with Gasteiger partial charge in [0.05, 0.1) is 24.7 Å². The number of piperidine rings is 2. The van der Waals surface area contributed by atoms with Gasteiger partial charge in [-0.3, -0.25) is 9.69 Å². The van der Waals surface area contributed by atoms with Crippen molar-refractivity contribution in [1.29, 1.82) is 0 Å². The third-order valence-electron chi connectivity index (χ3n) is 5.98. The van der Waals surface area contributed by atoms with Gasteiger partial charge in [0.1, 0.15) is 0 Å². The van der Waals surface area contributed by atoms with Crippen LogP contribution in [0.15, 0.2) is 0 Å². The average Bonchev–Trinajstić information content (AvgIpc) is 2.62. The van der Waals surface area contributed by atoms with E-state index in [4.69, 9.17) is 9.47 Å². The molecule has 0 radical (unpaired) electrons. The molecule has 6 nitrogen and oxygen atoms in total. The number of ether oxygens (including phenoxy) is 2. The Bertz CT molecular complexity index is 412. The normalized spacial score (nSPS) is 29.6. The van der Waals surface area contributed by atoms with E-state index in [-0.39, 0.29) is 5.41 Å². The molecular formula is C18H33N3O3. The number of nitrogens with one attached hydrogen (secondary N) is 1. The number of carbonyl (C=O) groups is 1. The van der Waals surface area contributed by atoms with Gasteiger partial charge in [0.15, 0.2) is 0 Å². The SMILES string of the molecule is COCC1(C(=O)N2CCC(N3CCOC(C)C3)CC2)CCNCC1. The molecule has 3 aliphatic heterocycles. The van der Waals surface area contributed by atoms with Gasteiger partial charge in [-0.25, -0.2) is 0 Å². The highest BCUT2D eigenvalue weighted by atomic mass is 16.5. The predicted octanol–water partition coefficient (Wildman–Crippen LogP) is 0.714. The molecule has 1 unspecified atom stereocenters. The van der Waals surface area contributed by atoms with Crippen LogP contribution in [0, 0.1) is 5.41 Å². The Morgan fingerprint density at radius 1 is 1.25 bits per heavy atom. The maximum atomic E-state index is 13.2. The lowest BCUT2D eigenvalue weighted by molar-refractivity contribution is -0.149. The van der Waals surface area contributed by atoms with Crippen LogP contribution in [0.25, 0.3) is 0 Å². The summed E-state index contributed by atoms with van der Waals surface area (Å²) in [6, 6.07) is 0.604. The van der Waals surface area contributed by atoms with Crippen molar-refractivity contribution in [2.75, 3.05) is 59.6 Å². The Morgan fingerprint density at radius 3 is 2.58 bits per heavy atom. The zero-order valence-corrected chi connectivity index (χ0v) is 15.3. The van der Waals surface area contributed by atoms with Crippen molar-refractivity contribution >= 4 is 5.91 Å². The van der Waals surface area contributed by atoms with Gasteiger partial charge in [-0.2, -0.15) is 0 Å². The second-order valence-corrected chi connectivity index (χ2v) is 7.66. The van der Waals surface area contributed by atoms with Gasteiger partial charge in [-0.15, -0.1) is 0 Å². The molecule has 3 heterocycles. The fourth-order valence-electron chi connectivity index (χ4n) is 4.55. The summed E-state index contributed by atoms with van der Waals surface area (Å²) in [4.78, 5) is 17.8. The molecule has 3 rings (SSSR count). The fraction of sp³-hybridized carbons (Fsp3) is 0.944. The number of carbonyl (C=O) groups excluding carboxylic acids is 1. The van der Waals surface area contributed by atoms with Crippen molar-refractivity contribution in [3.8, 4) is 0 Å². The molecule has 0 aromatic heterocycles. The van der Waals surface area contributed by atoms with Crippen molar-refractivity contribution in [2.24, 2.45) is 5.41 Å². The van der Waals surface area contributed by atoms with Crippen LogP contribution in [0.2, 0.25) is 0 Å². The molecule has 1 amide bonds. The Hall–Kier alpha value is -0.690. The number of amides is 1. The van der Waals surface area contributed by atoms with Crippen LogP contribution < -0.4 is 5.32 Å². The minimum Gasteiger partial charge on any atom is -0.384 e. The third kappa shape index (κ3) is 3.93. The lowest BCUT2D eigenvalue weighted by Gasteiger charge is -2.45. The van der Waals surface area contributed by atoms with E-state index in [1.54, 1.807) is 7.11 Å². The minimum absolute atomic E-state index is 0.305. The number of rotatable bonds is 4. The van der Waals surface area contributed by atoms with Crippen LogP contribution in [0.3, 0.4) is 0 Å². The van der Waals surface area contributed by atoms with E-state index < -0.39 is 0 Å².